The first-order valence-corrected chi connectivity index (χ1v) is 18.6. The van der Waals surface area contributed by atoms with Gasteiger partial charge in [0.05, 0.1) is 23.9 Å². The van der Waals surface area contributed by atoms with Gasteiger partial charge in [0, 0.05) is 23.0 Å². The van der Waals surface area contributed by atoms with Gasteiger partial charge in [-0.05, 0) is 68.0 Å². The minimum Gasteiger partial charge on any atom is -0.414 e. The Morgan fingerprint density at radius 2 is 1.60 bits per heavy atom. The van der Waals surface area contributed by atoms with Crippen LogP contribution >= 0.6 is 47.0 Å². The predicted octanol–water partition coefficient (Wildman–Crippen LogP) is 5.39. The molecule has 4 rings (SSSR count). The van der Waals surface area contributed by atoms with Gasteiger partial charge < -0.3 is 19.0 Å². The van der Waals surface area contributed by atoms with E-state index in [1.54, 1.807) is 0 Å². The van der Waals surface area contributed by atoms with E-state index in [2.05, 4.69) is 43.2 Å². The molecule has 0 aromatic heterocycles. The molecule has 3 heterocycles. The van der Waals surface area contributed by atoms with Crippen LogP contribution in [0, 0.1) is 5.92 Å². The lowest BCUT2D eigenvalue weighted by Crippen LogP contribution is -2.60. The first kappa shape index (κ1) is 24.3. The van der Waals surface area contributed by atoms with Crippen molar-refractivity contribution in [3.63, 3.8) is 0 Å². The fourth-order valence-electron chi connectivity index (χ4n) is 4.76. The third-order valence-electron chi connectivity index (χ3n) is 6.18. The van der Waals surface area contributed by atoms with E-state index in [1.807, 2.05) is 30.4 Å². The van der Waals surface area contributed by atoms with E-state index in [4.69, 9.17) is 13.9 Å². The minimum atomic E-state index is -1.80. The van der Waals surface area contributed by atoms with E-state index in [0.29, 0.717) is 36.6 Å². The number of thioether (sulfide) groups is 4. The van der Waals surface area contributed by atoms with E-state index >= 15 is 0 Å². The molecular formula is C21H36O4S4Si. The molecule has 3 atom stereocenters. The van der Waals surface area contributed by atoms with Crippen molar-refractivity contribution in [2.45, 2.75) is 74.3 Å². The number of hydrogen-bond acceptors (Lipinski definition) is 8. The number of ether oxygens (including phenoxy) is 2. The topological polar surface area (TPSA) is 47.9 Å². The Hall–Kier alpha value is 1.20. The van der Waals surface area contributed by atoms with Crippen LogP contribution in [0.4, 0.5) is 0 Å². The monoisotopic (exact) mass is 508 g/mol. The lowest BCUT2D eigenvalue weighted by molar-refractivity contribution is -0.271. The highest BCUT2D eigenvalue weighted by atomic mass is 32.2. The molecule has 0 aromatic rings. The summed E-state index contributed by atoms with van der Waals surface area (Å²) in [4.78, 5) is 0. The number of hydrogen-bond donors (Lipinski definition) is 1. The molecule has 172 valence electrons. The van der Waals surface area contributed by atoms with E-state index in [1.165, 1.54) is 45.7 Å². The molecule has 4 nitrogen and oxygen atoms in total. The number of aliphatic hydroxyl groups is 1. The van der Waals surface area contributed by atoms with Crippen LogP contribution in [-0.2, 0) is 13.9 Å². The molecule has 0 radical (unpaired) electrons. The van der Waals surface area contributed by atoms with Gasteiger partial charge in [-0.15, -0.1) is 47.0 Å². The van der Waals surface area contributed by atoms with Crippen LogP contribution in [0.5, 0.6) is 0 Å². The van der Waals surface area contributed by atoms with Gasteiger partial charge in [-0.2, -0.15) is 0 Å². The first-order chi connectivity index (χ1) is 14.2. The lowest BCUT2D eigenvalue weighted by atomic mass is 9.71. The van der Waals surface area contributed by atoms with Crippen molar-refractivity contribution in [3.05, 3.63) is 9.81 Å². The molecule has 0 spiro atoms. The van der Waals surface area contributed by atoms with Crippen molar-refractivity contribution in [2.24, 2.45) is 5.92 Å². The van der Waals surface area contributed by atoms with Crippen LogP contribution in [0.3, 0.4) is 0 Å². The molecule has 30 heavy (non-hydrogen) atoms. The van der Waals surface area contributed by atoms with Crippen LogP contribution in [-0.4, -0.2) is 71.7 Å². The molecule has 4 fully saturated rings. The third-order valence-corrected chi connectivity index (χ3v) is 13.0. The fourth-order valence-corrected chi connectivity index (χ4v) is 12.0. The Morgan fingerprint density at radius 3 is 2.20 bits per heavy atom. The van der Waals surface area contributed by atoms with Gasteiger partial charge in [0.25, 0.3) is 0 Å². The Balaban J connectivity index is 1.75. The third kappa shape index (κ3) is 5.30. The summed E-state index contributed by atoms with van der Waals surface area (Å²) >= 11 is 8.17. The van der Waals surface area contributed by atoms with Gasteiger partial charge in [0.2, 0.25) is 0 Å². The largest absolute Gasteiger partial charge is 0.414 e. The van der Waals surface area contributed by atoms with Gasteiger partial charge in [-0.1, -0.05) is 0 Å². The summed E-state index contributed by atoms with van der Waals surface area (Å²) in [6.07, 6.45) is 3.77. The summed E-state index contributed by atoms with van der Waals surface area (Å²) in [6.45, 7) is 9.82. The van der Waals surface area contributed by atoms with E-state index in [-0.39, 0.29) is 6.10 Å². The van der Waals surface area contributed by atoms with Crippen LogP contribution in [0.1, 0.15) is 32.6 Å². The van der Waals surface area contributed by atoms with Crippen molar-refractivity contribution in [2.75, 3.05) is 36.2 Å². The molecular weight excluding hydrogens is 473 g/mol. The SMILES string of the molecule is CC1([C@]2(O)CC(=C3SCCCS3)[C@H](C3SCCCS3)[C@@H](O[Si](C)(C)C)C2)OCCO1. The second-order valence-electron chi connectivity index (χ2n) is 9.68. The molecule has 9 heteroatoms. The average molecular weight is 509 g/mol. The van der Waals surface area contributed by atoms with Crippen molar-refractivity contribution in [3.8, 4) is 0 Å². The Morgan fingerprint density at radius 1 is 1.00 bits per heavy atom. The highest BCUT2D eigenvalue weighted by Crippen LogP contribution is 2.55. The van der Waals surface area contributed by atoms with Crippen LogP contribution in [0.25, 0.3) is 0 Å². The van der Waals surface area contributed by atoms with Gasteiger partial charge in [0.15, 0.2) is 14.1 Å². The highest BCUT2D eigenvalue weighted by Gasteiger charge is 2.58. The summed E-state index contributed by atoms with van der Waals surface area (Å²) in [5.41, 5.74) is 0.351. The summed E-state index contributed by atoms with van der Waals surface area (Å²) in [7, 11) is -1.80. The van der Waals surface area contributed by atoms with Crippen LogP contribution in [0.15, 0.2) is 9.81 Å². The minimum absolute atomic E-state index is 0.00812. The van der Waals surface area contributed by atoms with Crippen molar-refractivity contribution in [1.82, 2.24) is 0 Å². The standard InChI is InChI=1S/C21H36O4S4Si/c1-20(23-7-8-24-20)21(22)13-15(18-26-9-5-10-27-18)17(19-28-11-6-12-29-19)16(14-21)25-30(2,3)4/h16-17,19,22H,5-14H2,1-4H3/t16-,17-,21-/m0/s1. The smallest absolute Gasteiger partial charge is 0.194 e. The maximum atomic E-state index is 12.0. The zero-order valence-corrected chi connectivity index (χ0v) is 22.9. The van der Waals surface area contributed by atoms with E-state index < -0.39 is 19.7 Å². The van der Waals surface area contributed by atoms with Crippen molar-refractivity contribution < 1.29 is 19.0 Å². The second-order valence-corrected chi connectivity index (χ2v) is 19.4. The fraction of sp³-hybridized carbons (Fsp3) is 0.905. The average Bonchev–Trinajstić information content (AvgIpc) is 3.16. The second kappa shape index (κ2) is 9.82. The maximum absolute atomic E-state index is 12.0. The summed E-state index contributed by atoms with van der Waals surface area (Å²) in [5, 5.41) is 12.0. The molecule has 1 N–H and O–H groups in total. The summed E-state index contributed by atoms with van der Waals surface area (Å²) in [5.74, 6) is 4.19. The Labute approximate surface area is 199 Å². The molecule has 0 unspecified atom stereocenters. The Kier molecular flexibility index (Phi) is 7.96. The van der Waals surface area contributed by atoms with Crippen molar-refractivity contribution in [1.29, 1.82) is 0 Å². The molecule has 0 amide bonds. The summed E-state index contributed by atoms with van der Waals surface area (Å²) < 4.78 is 20.8. The summed E-state index contributed by atoms with van der Waals surface area (Å²) in [6, 6.07) is 0. The molecule has 1 saturated carbocycles. The normalized spacial score (nSPS) is 36.3. The molecule has 3 saturated heterocycles. The zero-order chi connectivity index (χ0) is 21.4. The maximum Gasteiger partial charge on any atom is 0.194 e. The van der Waals surface area contributed by atoms with Gasteiger partial charge in [-0.25, -0.2) is 0 Å². The van der Waals surface area contributed by atoms with Crippen LogP contribution < -0.4 is 0 Å². The van der Waals surface area contributed by atoms with Crippen LogP contribution in [0.2, 0.25) is 19.6 Å². The van der Waals surface area contributed by atoms with Crippen molar-refractivity contribution >= 4 is 55.4 Å². The van der Waals surface area contributed by atoms with Gasteiger partial charge >= 0.3 is 0 Å². The molecule has 1 aliphatic carbocycles. The first-order valence-electron chi connectivity index (χ1n) is 11.1. The Bertz CT molecular complexity index is 635. The molecule has 0 bridgehead atoms. The molecule has 4 aliphatic rings. The zero-order valence-electron chi connectivity index (χ0n) is 18.6. The lowest BCUT2D eigenvalue weighted by Gasteiger charge is -2.52. The molecule has 3 aliphatic heterocycles. The predicted molar refractivity (Wildman–Crippen MR) is 136 cm³/mol. The number of rotatable bonds is 4. The molecule has 0 aromatic carbocycles. The van der Waals surface area contributed by atoms with E-state index in [0.717, 1.165) is 0 Å². The highest BCUT2D eigenvalue weighted by molar-refractivity contribution is 8.22. The van der Waals surface area contributed by atoms with E-state index in [9.17, 15) is 5.11 Å². The van der Waals surface area contributed by atoms with Gasteiger partial charge in [0.1, 0.15) is 5.60 Å². The quantitative estimate of drug-likeness (QED) is 0.507. The van der Waals surface area contributed by atoms with Gasteiger partial charge in [-0.3, -0.25) is 0 Å².